The molecule has 4 aromatic carbocycles. The van der Waals surface area contributed by atoms with Crippen molar-refractivity contribution in [2.45, 2.75) is 31.9 Å². The van der Waals surface area contributed by atoms with Crippen LogP contribution in [-0.2, 0) is 6.61 Å². The Hall–Kier alpha value is -4.23. The number of benzene rings is 4. The fourth-order valence-corrected chi connectivity index (χ4v) is 5.96. The molecule has 1 aliphatic heterocycles. The predicted octanol–water partition coefficient (Wildman–Crippen LogP) is 8.82. The van der Waals surface area contributed by atoms with Gasteiger partial charge in [-0.05, 0) is 84.5 Å². The second-order valence-corrected chi connectivity index (χ2v) is 11.2. The molecule has 7 heteroatoms. The number of hydrogen-bond acceptors (Lipinski definition) is 5. The first-order valence-electron chi connectivity index (χ1n) is 13.3. The lowest BCUT2D eigenvalue weighted by Crippen LogP contribution is -2.29. The van der Waals surface area contributed by atoms with Crippen LogP contribution >= 0.6 is 15.9 Å². The molecule has 0 amide bonds. The van der Waals surface area contributed by atoms with Gasteiger partial charge in [-0.3, -0.25) is 15.1 Å². The van der Waals surface area contributed by atoms with Crippen LogP contribution in [0.5, 0.6) is 5.75 Å². The van der Waals surface area contributed by atoms with E-state index in [9.17, 15) is 10.1 Å². The van der Waals surface area contributed by atoms with Gasteiger partial charge in [-0.2, -0.15) is 0 Å². The van der Waals surface area contributed by atoms with E-state index in [1.54, 1.807) is 18.3 Å². The quantitative estimate of drug-likeness (QED) is 0.100. The molecule has 1 heterocycles. The number of fused-ring (bicyclic) bond motifs is 3. The third-order valence-corrected chi connectivity index (χ3v) is 8.13. The molecule has 1 N–H and O–H groups in total. The van der Waals surface area contributed by atoms with E-state index in [0.29, 0.717) is 24.2 Å². The lowest BCUT2D eigenvalue weighted by atomic mass is 9.76. The van der Waals surface area contributed by atoms with Crippen molar-refractivity contribution in [2.24, 2.45) is 10.9 Å². The van der Waals surface area contributed by atoms with Crippen molar-refractivity contribution in [1.82, 2.24) is 0 Å². The summed E-state index contributed by atoms with van der Waals surface area (Å²) in [6.45, 7) is 2.45. The monoisotopic (exact) mass is 593 g/mol. The maximum absolute atomic E-state index is 10.9. The first-order chi connectivity index (χ1) is 19.4. The molecule has 6 rings (SSSR count). The minimum atomic E-state index is -0.408. The highest BCUT2D eigenvalue weighted by atomic mass is 79.9. The van der Waals surface area contributed by atoms with E-state index >= 15 is 0 Å². The molecule has 2 aliphatic rings. The fraction of sp³-hybridized carbons (Fsp3) is 0.182. The number of ether oxygens (including phenoxy) is 1. The van der Waals surface area contributed by atoms with Crippen molar-refractivity contribution in [3.8, 4) is 5.75 Å². The Kier molecular flexibility index (Phi) is 7.22. The number of nitro benzene ring substituents is 1. The summed E-state index contributed by atoms with van der Waals surface area (Å²) in [7, 11) is 0. The summed E-state index contributed by atoms with van der Waals surface area (Å²) in [5.41, 5.74) is 7.78. The Morgan fingerprint density at radius 2 is 1.85 bits per heavy atom. The standard InChI is InChI=1S/C33H28BrN3O3/c1-21-5-15-31-30(17-21)28-3-2-4-29(28)33(36-31)23-8-11-26(12-9-23)35-19-24-18-25(34)10-16-32(24)40-20-22-6-13-27(14-7-22)37(38)39/h2-3,5-19,28-29,33,36H,4,20H2,1H3/t28-,29-,33-/m1/s1. The summed E-state index contributed by atoms with van der Waals surface area (Å²) in [6.07, 6.45) is 7.56. The maximum Gasteiger partial charge on any atom is 0.269 e. The lowest BCUT2D eigenvalue weighted by molar-refractivity contribution is -0.384. The van der Waals surface area contributed by atoms with Gasteiger partial charge in [0.1, 0.15) is 12.4 Å². The van der Waals surface area contributed by atoms with Gasteiger partial charge in [0.05, 0.1) is 16.7 Å². The van der Waals surface area contributed by atoms with Crippen molar-refractivity contribution in [1.29, 1.82) is 0 Å². The zero-order valence-electron chi connectivity index (χ0n) is 22.0. The molecule has 40 heavy (non-hydrogen) atoms. The number of allylic oxidation sites excluding steroid dienone is 2. The second-order valence-electron chi connectivity index (χ2n) is 10.3. The van der Waals surface area contributed by atoms with Crippen molar-refractivity contribution in [3.63, 3.8) is 0 Å². The smallest absolute Gasteiger partial charge is 0.269 e. The van der Waals surface area contributed by atoms with E-state index in [2.05, 4.69) is 82.8 Å². The molecule has 0 radical (unpaired) electrons. The van der Waals surface area contributed by atoms with Crippen molar-refractivity contribution < 1.29 is 9.66 Å². The van der Waals surface area contributed by atoms with Crippen LogP contribution in [0.3, 0.4) is 0 Å². The van der Waals surface area contributed by atoms with Gasteiger partial charge in [0.25, 0.3) is 5.69 Å². The molecule has 0 unspecified atom stereocenters. The molecule has 6 nitrogen and oxygen atoms in total. The average Bonchev–Trinajstić information content (AvgIpc) is 3.46. The number of non-ortho nitro benzene ring substituents is 1. The highest BCUT2D eigenvalue weighted by molar-refractivity contribution is 9.10. The van der Waals surface area contributed by atoms with Crippen LogP contribution in [0.15, 0.2) is 107 Å². The summed E-state index contributed by atoms with van der Waals surface area (Å²) in [5.74, 6) is 1.63. The third-order valence-electron chi connectivity index (χ3n) is 7.64. The molecular formula is C33H28BrN3O3. The van der Waals surface area contributed by atoms with Crippen molar-refractivity contribution in [2.75, 3.05) is 5.32 Å². The largest absolute Gasteiger partial charge is 0.488 e. The molecule has 0 saturated heterocycles. The Morgan fingerprint density at radius 3 is 2.62 bits per heavy atom. The number of anilines is 1. The van der Waals surface area contributed by atoms with Gasteiger partial charge >= 0.3 is 0 Å². The number of rotatable bonds is 7. The summed E-state index contributed by atoms with van der Waals surface area (Å²) in [6, 6.07) is 27.6. The van der Waals surface area contributed by atoms with Gasteiger partial charge in [-0.1, -0.05) is 57.9 Å². The Balaban J connectivity index is 1.17. The van der Waals surface area contributed by atoms with Gasteiger partial charge in [0.15, 0.2) is 0 Å². The minimum absolute atomic E-state index is 0.0603. The van der Waals surface area contributed by atoms with Crippen LogP contribution in [0.1, 0.15) is 46.2 Å². The van der Waals surface area contributed by atoms with E-state index in [1.807, 2.05) is 18.2 Å². The van der Waals surface area contributed by atoms with Crippen molar-refractivity contribution >= 4 is 39.2 Å². The zero-order valence-corrected chi connectivity index (χ0v) is 23.5. The van der Waals surface area contributed by atoms with Gasteiger partial charge in [0.2, 0.25) is 0 Å². The van der Waals surface area contributed by atoms with E-state index < -0.39 is 4.92 Å². The number of aryl methyl sites for hydroxylation is 1. The normalized spacial score (nSPS) is 19.2. The summed E-state index contributed by atoms with van der Waals surface area (Å²) < 4.78 is 6.97. The van der Waals surface area contributed by atoms with E-state index in [4.69, 9.17) is 9.73 Å². The highest BCUT2D eigenvalue weighted by Crippen LogP contribution is 2.50. The first kappa shape index (κ1) is 26.0. The number of aliphatic imine (C=N–C) groups is 1. The topological polar surface area (TPSA) is 76.8 Å². The molecular weight excluding hydrogens is 566 g/mol. The molecule has 0 bridgehead atoms. The molecule has 0 fully saturated rings. The number of nitrogens with one attached hydrogen (secondary N) is 1. The van der Waals surface area contributed by atoms with E-state index in [1.165, 1.54) is 34.5 Å². The Labute approximate surface area is 241 Å². The highest BCUT2D eigenvalue weighted by Gasteiger charge is 2.37. The van der Waals surface area contributed by atoms with Gasteiger partial charge < -0.3 is 10.1 Å². The van der Waals surface area contributed by atoms with Crippen LogP contribution in [0, 0.1) is 23.0 Å². The van der Waals surface area contributed by atoms with Gasteiger partial charge in [0, 0.05) is 40.0 Å². The number of halogens is 1. The molecule has 0 aromatic heterocycles. The molecule has 200 valence electrons. The summed E-state index contributed by atoms with van der Waals surface area (Å²) in [5, 5.41) is 14.7. The second kappa shape index (κ2) is 11.1. The molecule has 0 saturated carbocycles. The number of nitrogens with zero attached hydrogens (tertiary/aromatic N) is 2. The zero-order chi connectivity index (χ0) is 27.6. The van der Waals surface area contributed by atoms with Gasteiger partial charge in [-0.25, -0.2) is 0 Å². The Morgan fingerprint density at radius 1 is 1.05 bits per heavy atom. The van der Waals surface area contributed by atoms with Crippen LogP contribution in [0.2, 0.25) is 0 Å². The minimum Gasteiger partial charge on any atom is -0.488 e. The fourth-order valence-electron chi connectivity index (χ4n) is 5.58. The third kappa shape index (κ3) is 5.42. The van der Waals surface area contributed by atoms with Crippen LogP contribution in [0.25, 0.3) is 0 Å². The predicted molar refractivity (Wildman–Crippen MR) is 163 cm³/mol. The van der Waals surface area contributed by atoms with Crippen molar-refractivity contribution in [3.05, 3.63) is 139 Å². The van der Waals surface area contributed by atoms with Crippen LogP contribution in [0.4, 0.5) is 17.1 Å². The Bertz CT molecular complexity index is 1610. The van der Waals surface area contributed by atoms with Crippen LogP contribution in [-0.4, -0.2) is 11.1 Å². The summed E-state index contributed by atoms with van der Waals surface area (Å²) >= 11 is 3.54. The van der Waals surface area contributed by atoms with E-state index in [-0.39, 0.29) is 11.7 Å². The van der Waals surface area contributed by atoms with Gasteiger partial charge in [-0.15, -0.1) is 0 Å². The first-order valence-corrected chi connectivity index (χ1v) is 14.1. The lowest BCUT2D eigenvalue weighted by Gasteiger charge is -2.37. The molecule has 3 atom stereocenters. The molecule has 1 aliphatic carbocycles. The molecule has 0 spiro atoms. The van der Waals surface area contributed by atoms with Crippen LogP contribution < -0.4 is 10.1 Å². The van der Waals surface area contributed by atoms with E-state index in [0.717, 1.165) is 27.7 Å². The summed E-state index contributed by atoms with van der Waals surface area (Å²) in [4.78, 5) is 15.2. The SMILES string of the molecule is Cc1ccc2c(c1)[C@@H]1C=CC[C@H]1[C@@H](c1ccc(N=Cc3cc(Br)ccc3OCc3ccc([N+](=O)[O-])cc3)cc1)N2. The molecule has 4 aromatic rings. The number of nitro groups is 1. The maximum atomic E-state index is 10.9. The number of hydrogen-bond donors (Lipinski definition) is 1. The average molecular weight is 595 g/mol.